The minimum absolute atomic E-state index is 0.160. The average molecular weight is 310 g/mol. The molecule has 0 bridgehead atoms. The lowest BCUT2D eigenvalue weighted by Gasteiger charge is -2.29. The van der Waals surface area contributed by atoms with Crippen molar-refractivity contribution in [3.63, 3.8) is 0 Å². The average Bonchev–Trinajstić information content (AvgIpc) is 2.56. The van der Waals surface area contributed by atoms with Gasteiger partial charge in [0.1, 0.15) is 8.07 Å². The lowest BCUT2D eigenvalue weighted by Crippen LogP contribution is -2.48. The third kappa shape index (κ3) is 3.74. The van der Waals surface area contributed by atoms with Gasteiger partial charge in [0, 0.05) is 0 Å². The van der Waals surface area contributed by atoms with Crippen LogP contribution in [-0.4, -0.2) is 21.2 Å². The van der Waals surface area contributed by atoms with Crippen molar-refractivity contribution in [3.8, 4) is 0 Å². The standard InChI is InChI=1S/C19H22O2Si/c1-21-19(20)18(15-14-16-10-6-4-7-11-16)22(2,3)17-12-8-5-9-13-17/h4-15,18H,1-3H3/b15-14+/t18-/m0/s1. The van der Waals surface area contributed by atoms with Crippen molar-refractivity contribution in [1.82, 2.24) is 0 Å². The first kappa shape index (κ1) is 16.2. The predicted molar refractivity (Wildman–Crippen MR) is 94.8 cm³/mol. The van der Waals surface area contributed by atoms with E-state index in [1.165, 1.54) is 12.3 Å². The molecule has 0 aromatic heterocycles. The molecule has 0 saturated heterocycles. The molecule has 0 radical (unpaired) electrons. The van der Waals surface area contributed by atoms with Crippen LogP contribution in [0.1, 0.15) is 5.56 Å². The summed E-state index contributed by atoms with van der Waals surface area (Å²) >= 11 is 0. The summed E-state index contributed by atoms with van der Waals surface area (Å²) in [5.41, 5.74) is 0.884. The number of hydrogen-bond acceptors (Lipinski definition) is 2. The summed E-state index contributed by atoms with van der Waals surface area (Å²) in [5, 5.41) is 1.25. The largest absolute Gasteiger partial charge is 0.469 e. The quantitative estimate of drug-likeness (QED) is 0.619. The summed E-state index contributed by atoms with van der Waals surface area (Å²) in [6.45, 7) is 4.42. The summed E-state index contributed by atoms with van der Waals surface area (Å²) in [7, 11) is -0.549. The second-order valence-electron chi connectivity index (χ2n) is 5.86. The molecule has 0 aliphatic heterocycles. The Morgan fingerprint density at radius 3 is 2.09 bits per heavy atom. The fourth-order valence-corrected chi connectivity index (χ4v) is 5.25. The van der Waals surface area contributed by atoms with Gasteiger partial charge < -0.3 is 4.74 Å². The van der Waals surface area contributed by atoms with Gasteiger partial charge in [0.25, 0.3) is 0 Å². The summed E-state index contributed by atoms with van der Waals surface area (Å²) in [5.74, 6) is -0.160. The van der Waals surface area contributed by atoms with Crippen molar-refractivity contribution in [2.45, 2.75) is 18.6 Å². The van der Waals surface area contributed by atoms with Crippen LogP contribution in [0.4, 0.5) is 0 Å². The van der Waals surface area contributed by atoms with Gasteiger partial charge in [0.05, 0.1) is 12.7 Å². The van der Waals surface area contributed by atoms with Crippen LogP contribution in [0.3, 0.4) is 0 Å². The zero-order valence-corrected chi connectivity index (χ0v) is 14.3. The van der Waals surface area contributed by atoms with Crippen LogP contribution in [-0.2, 0) is 9.53 Å². The topological polar surface area (TPSA) is 26.3 Å². The Labute approximate surface area is 133 Å². The van der Waals surface area contributed by atoms with Crippen molar-refractivity contribution >= 4 is 25.3 Å². The zero-order chi connectivity index (χ0) is 16.0. The Bertz CT molecular complexity index is 633. The minimum Gasteiger partial charge on any atom is -0.469 e. The molecule has 0 fully saturated rings. The second kappa shape index (κ2) is 7.23. The van der Waals surface area contributed by atoms with E-state index < -0.39 is 8.07 Å². The molecule has 0 aliphatic carbocycles. The van der Waals surface area contributed by atoms with E-state index in [9.17, 15) is 4.79 Å². The number of carbonyl (C=O) groups excluding carboxylic acids is 1. The lowest BCUT2D eigenvalue weighted by molar-refractivity contribution is -0.139. The number of ether oxygens (including phenoxy) is 1. The van der Waals surface area contributed by atoms with Crippen molar-refractivity contribution in [3.05, 3.63) is 72.3 Å². The van der Waals surface area contributed by atoms with Crippen LogP contribution >= 0.6 is 0 Å². The van der Waals surface area contributed by atoms with E-state index in [1.807, 2.05) is 60.7 Å². The maximum atomic E-state index is 12.3. The first-order valence-electron chi connectivity index (χ1n) is 7.42. The van der Waals surface area contributed by atoms with Gasteiger partial charge in [-0.05, 0) is 5.56 Å². The maximum Gasteiger partial charge on any atom is 0.310 e. The molecule has 0 saturated carbocycles. The molecule has 0 heterocycles. The predicted octanol–water partition coefficient (Wildman–Crippen LogP) is 3.86. The van der Waals surface area contributed by atoms with Gasteiger partial charge in [-0.15, -0.1) is 0 Å². The van der Waals surface area contributed by atoms with Crippen LogP contribution < -0.4 is 5.19 Å². The highest BCUT2D eigenvalue weighted by molar-refractivity contribution is 6.93. The molecule has 0 N–H and O–H groups in total. The molecular weight excluding hydrogens is 288 g/mol. The molecule has 0 unspecified atom stereocenters. The molecule has 2 aromatic rings. The van der Waals surface area contributed by atoms with Crippen LogP contribution in [0.5, 0.6) is 0 Å². The van der Waals surface area contributed by atoms with E-state index in [-0.39, 0.29) is 11.5 Å². The number of rotatable bonds is 5. The third-order valence-electron chi connectivity index (χ3n) is 4.03. The van der Waals surface area contributed by atoms with Crippen molar-refractivity contribution in [1.29, 1.82) is 0 Å². The first-order valence-corrected chi connectivity index (χ1v) is 10.5. The Morgan fingerprint density at radius 2 is 1.55 bits per heavy atom. The Hall–Kier alpha value is -2.13. The molecule has 3 heteroatoms. The number of esters is 1. The number of benzene rings is 2. The fraction of sp³-hybridized carbons (Fsp3) is 0.211. The smallest absolute Gasteiger partial charge is 0.310 e. The normalized spacial score (nSPS) is 13.0. The van der Waals surface area contributed by atoms with Gasteiger partial charge >= 0.3 is 5.97 Å². The van der Waals surface area contributed by atoms with Gasteiger partial charge in [-0.2, -0.15) is 0 Å². The van der Waals surface area contributed by atoms with E-state index in [1.54, 1.807) is 0 Å². The SMILES string of the molecule is COC(=O)[C@H](/C=C/c1ccccc1)[Si](C)(C)c1ccccc1. The fourth-order valence-electron chi connectivity index (χ4n) is 2.56. The first-order chi connectivity index (χ1) is 10.6. The molecule has 114 valence electrons. The van der Waals surface area contributed by atoms with E-state index in [4.69, 9.17) is 4.74 Å². The van der Waals surface area contributed by atoms with Crippen LogP contribution in [0.25, 0.3) is 6.08 Å². The molecule has 2 nitrogen and oxygen atoms in total. The highest BCUT2D eigenvalue weighted by Crippen LogP contribution is 2.26. The molecule has 2 rings (SSSR count). The molecular formula is C19H22O2Si. The Balaban J connectivity index is 2.34. The van der Waals surface area contributed by atoms with Gasteiger partial charge in [-0.3, -0.25) is 4.79 Å². The van der Waals surface area contributed by atoms with Crippen molar-refractivity contribution in [2.75, 3.05) is 7.11 Å². The Morgan fingerprint density at radius 1 is 1.00 bits per heavy atom. The van der Waals surface area contributed by atoms with Crippen LogP contribution in [0, 0.1) is 0 Å². The molecule has 22 heavy (non-hydrogen) atoms. The van der Waals surface area contributed by atoms with Crippen LogP contribution in [0.2, 0.25) is 18.6 Å². The van der Waals surface area contributed by atoms with E-state index in [0.717, 1.165) is 5.56 Å². The van der Waals surface area contributed by atoms with Crippen molar-refractivity contribution < 1.29 is 9.53 Å². The molecule has 2 aromatic carbocycles. The monoisotopic (exact) mass is 310 g/mol. The van der Waals surface area contributed by atoms with Crippen molar-refractivity contribution in [2.24, 2.45) is 0 Å². The maximum absolute atomic E-state index is 12.3. The minimum atomic E-state index is -2.01. The number of hydrogen-bond donors (Lipinski definition) is 0. The van der Waals surface area contributed by atoms with Gasteiger partial charge in [-0.25, -0.2) is 0 Å². The highest BCUT2D eigenvalue weighted by atomic mass is 28.3. The van der Waals surface area contributed by atoms with Gasteiger partial charge in [-0.1, -0.05) is 91.1 Å². The van der Waals surface area contributed by atoms with E-state index >= 15 is 0 Å². The number of carbonyl (C=O) groups is 1. The summed E-state index contributed by atoms with van der Waals surface area (Å²) in [6.07, 6.45) is 4.01. The van der Waals surface area contributed by atoms with Crippen LogP contribution in [0.15, 0.2) is 66.7 Å². The second-order valence-corrected chi connectivity index (χ2v) is 10.5. The number of methoxy groups -OCH3 is 1. The third-order valence-corrected chi connectivity index (χ3v) is 7.84. The van der Waals surface area contributed by atoms with Gasteiger partial charge in [0.15, 0.2) is 0 Å². The molecule has 0 spiro atoms. The zero-order valence-electron chi connectivity index (χ0n) is 13.3. The summed E-state index contributed by atoms with van der Waals surface area (Å²) in [6, 6.07) is 20.3. The molecule has 0 aliphatic rings. The summed E-state index contributed by atoms with van der Waals surface area (Å²) < 4.78 is 5.05. The lowest BCUT2D eigenvalue weighted by atomic mass is 10.2. The highest BCUT2D eigenvalue weighted by Gasteiger charge is 2.37. The summed E-state index contributed by atoms with van der Waals surface area (Å²) in [4.78, 5) is 12.3. The molecule has 0 amide bonds. The van der Waals surface area contributed by atoms with E-state index in [2.05, 4.69) is 25.2 Å². The van der Waals surface area contributed by atoms with E-state index in [0.29, 0.717) is 0 Å². The Kier molecular flexibility index (Phi) is 5.34. The molecule has 1 atom stereocenters. The van der Waals surface area contributed by atoms with Gasteiger partial charge in [0.2, 0.25) is 0 Å².